The third-order valence-electron chi connectivity index (χ3n) is 17.1. The maximum Gasteiger partial charge on any atom is 0.306 e. The summed E-state index contributed by atoms with van der Waals surface area (Å²) in [4.78, 5) is 38.3. The molecule has 0 rings (SSSR count). The molecule has 0 heterocycles. The van der Waals surface area contributed by atoms with E-state index in [2.05, 4.69) is 57.2 Å². The summed E-state index contributed by atoms with van der Waals surface area (Å²) in [7, 11) is 0. The Balaban J connectivity index is 4.03. The zero-order valence-corrected chi connectivity index (χ0v) is 56.2. The Morgan fingerprint density at radius 3 is 0.675 bits per heavy atom. The minimum atomic E-state index is -0.768. The number of carbonyl (C=O) groups excluding carboxylic acids is 3. The lowest BCUT2D eigenvalue weighted by Gasteiger charge is -2.18. The van der Waals surface area contributed by atoms with Crippen LogP contribution < -0.4 is 0 Å². The highest BCUT2D eigenvalue weighted by Gasteiger charge is 2.20. The van der Waals surface area contributed by atoms with E-state index in [-0.39, 0.29) is 31.1 Å². The van der Waals surface area contributed by atoms with Gasteiger partial charge in [-0.05, 0) is 57.8 Å². The molecule has 0 aliphatic carbocycles. The second kappa shape index (κ2) is 72.1. The van der Waals surface area contributed by atoms with Crippen molar-refractivity contribution in [3.63, 3.8) is 0 Å². The van der Waals surface area contributed by atoms with Gasteiger partial charge >= 0.3 is 17.9 Å². The normalized spacial score (nSPS) is 12.2. The summed E-state index contributed by atoms with van der Waals surface area (Å²) < 4.78 is 16.9. The fourth-order valence-corrected chi connectivity index (χ4v) is 11.5. The molecule has 0 saturated carbocycles. The Morgan fingerprint density at radius 2 is 0.434 bits per heavy atom. The molecule has 6 nitrogen and oxygen atoms in total. The highest BCUT2D eigenvalue weighted by Crippen LogP contribution is 2.19. The van der Waals surface area contributed by atoms with Crippen molar-refractivity contribution in [2.75, 3.05) is 13.2 Å². The zero-order valence-electron chi connectivity index (χ0n) is 56.2. The predicted molar refractivity (Wildman–Crippen MR) is 362 cm³/mol. The Labute approximate surface area is 518 Å². The average molecular weight is 1170 g/mol. The summed E-state index contributed by atoms with van der Waals surface area (Å²) in [5.41, 5.74) is 0. The second-order valence-corrected chi connectivity index (χ2v) is 25.6. The molecule has 1 unspecified atom stereocenters. The molecule has 0 aromatic heterocycles. The lowest BCUT2D eigenvalue weighted by atomic mass is 10.0. The topological polar surface area (TPSA) is 78.9 Å². The van der Waals surface area contributed by atoms with E-state index in [9.17, 15) is 14.4 Å². The van der Waals surface area contributed by atoms with Gasteiger partial charge in [0.05, 0.1) is 0 Å². The largest absolute Gasteiger partial charge is 0.462 e. The van der Waals surface area contributed by atoms with Gasteiger partial charge in [-0.25, -0.2) is 0 Å². The summed E-state index contributed by atoms with van der Waals surface area (Å²) in [5, 5.41) is 0. The minimum Gasteiger partial charge on any atom is -0.462 e. The molecular formula is C77H144O6. The van der Waals surface area contributed by atoms with Crippen molar-refractivity contribution in [1.82, 2.24) is 0 Å². The van der Waals surface area contributed by atoms with Crippen LogP contribution in [0.5, 0.6) is 0 Å². The van der Waals surface area contributed by atoms with Gasteiger partial charge in [0.2, 0.25) is 0 Å². The fourth-order valence-electron chi connectivity index (χ4n) is 11.5. The molecule has 0 aliphatic rings. The highest BCUT2D eigenvalue weighted by atomic mass is 16.6. The van der Waals surface area contributed by atoms with E-state index in [1.165, 1.54) is 308 Å². The number of hydrogen-bond donors (Lipinski definition) is 0. The van der Waals surface area contributed by atoms with Crippen molar-refractivity contribution < 1.29 is 28.6 Å². The van der Waals surface area contributed by atoms with Crippen LogP contribution in [0.4, 0.5) is 0 Å². The summed E-state index contributed by atoms with van der Waals surface area (Å²) in [6.07, 6.45) is 90.8. The third-order valence-corrected chi connectivity index (χ3v) is 17.1. The quantitative estimate of drug-likeness (QED) is 0.0261. The maximum atomic E-state index is 12.9. The van der Waals surface area contributed by atoms with Crippen molar-refractivity contribution in [2.45, 2.75) is 425 Å². The van der Waals surface area contributed by atoms with Gasteiger partial charge in [-0.1, -0.05) is 378 Å². The molecule has 488 valence electrons. The van der Waals surface area contributed by atoms with Crippen molar-refractivity contribution in [3.8, 4) is 0 Å². The molecule has 0 aromatic carbocycles. The van der Waals surface area contributed by atoms with Crippen molar-refractivity contribution in [2.24, 2.45) is 0 Å². The molecule has 0 N–H and O–H groups in total. The Hall–Kier alpha value is -2.37. The lowest BCUT2D eigenvalue weighted by Crippen LogP contribution is -2.30. The molecule has 0 spiro atoms. The summed E-state index contributed by atoms with van der Waals surface area (Å²) >= 11 is 0. The van der Waals surface area contributed by atoms with Gasteiger partial charge in [-0.15, -0.1) is 0 Å². The van der Waals surface area contributed by atoms with E-state index in [1.807, 2.05) is 0 Å². The number of allylic oxidation sites excluding steroid dienone is 6. The monoisotopic (exact) mass is 1170 g/mol. The van der Waals surface area contributed by atoms with Gasteiger partial charge in [0, 0.05) is 19.3 Å². The number of ether oxygens (including phenoxy) is 3. The number of carbonyl (C=O) groups is 3. The van der Waals surface area contributed by atoms with Gasteiger partial charge in [-0.2, -0.15) is 0 Å². The van der Waals surface area contributed by atoms with Crippen LogP contribution in [0, 0.1) is 0 Å². The van der Waals surface area contributed by atoms with Gasteiger partial charge in [0.1, 0.15) is 13.2 Å². The van der Waals surface area contributed by atoms with Crippen LogP contribution in [0.3, 0.4) is 0 Å². The predicted octanol–water partition coefficient (Wildman–Crippen LogP) is 25.9. The first-order valence-electron chi connectivity index (χ1n) is 37.5. The van der Waals surface area contributed by atoms with Crippen molar-refractivity contribution in [3.05, 3.63) is 36.5 Å². The molecule has 0 aromatic rings. The molecule has 0 amide bonds. The SMILES string of the molecule is CCCCCCC/C=C\C/C=C\C/C=C\CCCCCCCCCCCCCCCCC(=O)OCC(COC(=O)CCCCCCCCCC)OC(=O)CCCCCCCCCCCCCCCCCCCCCCCCCCCCCC. The molecule has 0 fully saturated rings. The minimum absolute atomic E-state index is 0.0662. The Morgan fingerprint density at radius 1 is 0.241 bits per heavy atom. The fraction of sp³-hybridized carbons (Fsp3) is 0.883. The van der Waals surface area contributed by atoms with Crippen LogP contribution in [0.2, 0.25) is 0 Å². The molecular weight excluding hydrogens is 1020 g/mol. The van der Waals surface area contributed by atoms with Gasteiger partial charge in [0.25, 0.3) is 0 Å². The van der Waals surface area contributed by atoms with E-state index in [0.717, 1.165) is 70.6 Å². The van der Waals surface area contributed by atoms with Crippen LogP contribution in [-0.2, 0) is 28.6 Å². The zero-order chi connectivity index (χ0) is 59.9. The molecule has 83 heavy (non-hydrogen) atoms. The molecule has 0 radical (unpaired) electrons. The number of rotatable bonds is 70. The Kier molecular flexibility index (Phi) is 70.0. The van der Waals surface area contributed by atoms with Gasteiger partial charge in [0.15, 0.2) is 6.10 Å². The van der Waals surface area contributed by atoms with Crippen molar-refractivity contribution in [1.29, 1.82) is 0 Å². The van der Waals surface area contributed by atoms with E-state index in [1.54, 1.807) is 0 Å². The molecule has 0 saturated heterocycles. The van der Waals surface area contributed by atoms with E-state index >= 15 is 0 Å². The standard InChI is InChI=1S/C77H144O6/c1-4-7-10-13-16-19-21-23-25-27-29-31-33-35-37-39-41-42-44-46-48-50-52-54-56-58-61-64-67-70-76(79)82-73-74(72-81-75(78)69-66-63-60-18-15-12-9-6-3)83-77(80)71-68-65-62-59-57-55-53-51-49-47-45-43-40-38-36-34-32-30-28-26-24-22-20-17-14-11-8-5-2/h21,23,27,29,33,35,74H,4-20,22,24-26,28,30-32,34,36-73H2,1-3H3/b23-21-,29-27-,35-33-. The summed E-state index contributed by atoms with van der Waals surface area (Å²) in [6.45, 7) is 6.68. The summed E-state index contributed by atoms with van der Waals surface area (Å²) in [5.74, 6) is -0.841. The lowest BCUT2D eigenvalue weighted by molar-refractivity contribution is -0.167. The molecule has 0 aliphatic heterocycles. The Bertz CT molecular complexity index is 1380. The molecule has 6 heteroatoms. The molecule has 1 atom stereocenters. The van der Waals surface area contributed by atoms with Crippen molar-refractivity contribution >= 4 is 17.9 Å². The van der Waals surface area contributed by atoms with Crippen LogP contribution >= 0.6 is 0 Å². The first-order valence-corrected chi connectivity index (χ1v) is 37.5. The van der Waals surface area contributed by atoms with Gasteiger partial charge < -0.3 is 14.2 Å². The average Bonchev–Trinajstić information content (AvgIpc) is 3.49. The number of hydrogen-bond acceptors (Lipinski definition) is 6. The van der Waals surface area contributed by atoms with E-state index in [4.69, 9.17) is 14.2 Å². The highest BCUT2D eigenvalue weighted by molar-refractivity contribution is 5.71. The number of esters is 3. The van der Waals surface area contributed by atoms with Crippen LogP contribution in [-0.4, -0.2) is 37.2 Å². The van der Waals surface area contributed by atoms with E-state index in [0.29, 0.717) is 19.3 Å². The van der Waals surface area contributed by atoms with Gasteiger partial charge in [-0.3, -0.25) is 14.4 Å². The van der Waals surface area contributed by atoms with Crippen LogP contribution in [0.1, 0.15) is 419 Å². The van der Waals surface area contributed by atoms with Crippen LogP contribution in [0.25, 0.3) is 0 Å². The van der Waals surface area contributed by atoms with Crippen LogP contribution in [0.15, 0.2) is 36.5 Å². The first kappa shape index (κ1) is 80.6. The summed E-state index contributed by atoms with van der Waals surface area (Å²) in [6, 6.07) is 0. The molecule has 0 bridgehead atoms. The third kappa shape index (κ3) is 70.3. The number of unbranched alkanes of at least 4 members (excludes halogenated alkanes) is 53. The van der Waals surface area contributed by atoms with E-state index < -0.39 is 6.10 Å². The first-order chi connectivity index (χ1) is 41.0. The second-order valence-electron chi connectivity index (χ2n) is 25.6. The maximum absolute atomic E-state index is 12.9. The smallest absolute Gasteiger partial charge is 0.306 e.